The van der Waals surface area contributed by atoms with Gasteiger partial charge in [0.1, 0.15) is 11.8 Å². The number of carbonyl (C=O) groups excluding carboxylic acids is 2. The molecule has 2 atom stereocenters. The zero-order valence-electron chi connectivity index (χ0n) is 12.7. The molecule has 2 fully saturated rings. The number of methoxy groups -OCH3 is 1. The van der Waals surface area contributed by atoms with Crippen molar-refractivity contribution in [2.75, 3.05) is 26.7 Å². The Morgan fingerprint density at radius 3 is 2.91 bits per heavy atom. The van der Waals surface area contributed by atoms with E-state index in [1.807, 2.05) is 29.2 Å². The van der Waals surface area contributed by atoms with Crippen LogP contribution in [-0.4, -0.2) is 49.5 Å². The van der Waals surface area contributed by atoms with E-state index in [2.05, 4.69) is 10.6 Å². The fraction of sp³-hybridized carbons (Fsp3) is 0.500. The third-order valence-corrected chi connectivity index (χ3v) is 4.32. The highest BCUT2D eigenvalue weighted by atomic mass is 16.5. The lowest BCUT2D eigenvalue weighted by Gasteiger charge is -2.38. The first kappa shape index (κ1) is 14.8. The molecule has 0 aromatic heterocycles. The average Bonchev–Trinajstić information content (AvgIpc) is 3.00. The van der Waals surface area contributed by atoms with Crippen molar-refractivity contribution in [3.8, 4) is 5.75 Å². The van der Waals surface area contributed by atoms with E-state index in [1.54, 1.807) is 7.11 Å². The summed E-state index contributed by atoms with van der Waals surface area (Å²) < 4.78 is 5.43. The summed E-state index contributed by atoms with van der Waals surface area (Å²) in [4.78, 5) is 26.0. The van der Waals surface area contributed by atoms with Crippen molar-refractivity contribution >= 4 is 11.8 Å². The van der Waals surface area contributed by atoms with Crippen LogP contribution in [0.4, 0.5) is 0 Å². The van der Waals surface area contributed by atoms with Crippen molar-refractivity contribution in [1.82, 2.24) is 15.5 Å². The minimum atomic E-state index is -0.386. The van der Waals surface area contributed by atoms with Crippen LogP contribution in [0.5, 0.6) is 5.75 Å². The van der Waals surface area contributed by atoms with E-state index in [-0.39, 0.29) is 23.9 Å². The predicted octanol–water partition coefficient (Wildman–Crippen LogP) is 0.447. The highest BCUT2D eigenvalue weighted by Gasteiger charge is 2.36. The van der Waals surface area contributed by atoms with Gasteiger partial charge >= 0.3 is 0 Å². The molecule has 0 aliphatic carbocycles. The van der Waals surface area contributed by atoms with Crippen molar-refractivity contribution in [1.29, 1.82) is 0 Å². The number of amides is 2. The summed E-state index contributed by atoms with van der Waals surface area (Å²) >= 11 is 0. The molecule has 2 heterocycles. The predicted molar refractivity (Wildman–Crippen MR) is 81.5 cm³/mol. The molecule has 22 heavy (non-hydrogen) atoms. The number of rotatable bonds is 3. The van der Waals surface area contributed by atoms with Gasteiger partial charge in [0, 0.05) is 31.6 Å². The van der Waals surface area contributed by atoms with Gasteiger partial charge in [-0.2, -0.15) is 0 Å². The van der Waals surface area contributed by atoms with Gasteiger partial charge in [0.05, 0.1) is 13.2 Å². The molecule has 2 N–H and O–H groups in total. The van der Waals surface area contributed by atoms with Crippen molar-refractivity contribution in [2.24, 2.45) is 0 Å². The molecule has 0 radical (unpaired) electrons. The van der Waals surface area contributed by atoms with Gasteiger partial charge in [0.2, 0.25) is 11.8 Å². The maximum Gasteiger partial charge on any atom is 0.245 e. The Labute approximate surface area is 129 Å². The minimum Gasteiger partial charge on any atom is -0.496 e. The second kappa shape index (κ2) is 6.36. The van der Waals surface area contributed by atoms with Crippen LogP contribution in [0.25, 0.3) is 0 Å². The van der Waals surface area contributed by atoms with E-state index in [1.165, 1.54) is 0 Å². The van der Waals surface area contributed by atoms with Crippen LogP contribution in [-0.2, 0) is 9.59 Å². The van der Waals surface area contributed by atoms with Crippen LogP contribution in [0.2, 0.25) is 0 Å². The van der Waals surface area contributed by atoms with Gasteiger partial charge < -0.3 is 20.3 Å². The average molecular weight is 303 g/mol. The van der Waals surface area contributed by atoms with Gasteiger partial charge in [-0.1, -0.05) is 18.2 Å². The molecule has 0 spiro atoms. The quantitative estimate of drug-likeness (QED) is 0.850. The fourth-order valence-electron chi connectivity index (χ4n) is 3.19. The first-order valence-corrected chi connectivity index (χ1v) is 7.64. The Hall–Kier alpha value is -2.08. The molecule has 2 amide bonds. The number of hydrogen-bond acceptors (Lipinski definition) is 4. The summed E-state index contributed by atoms with van der Waals surface area (Å²) in [5.74, 6) is 0.745. The number of nitrogens with zero attached hydrogens (tertiary/aromatic N) is 1. The molecule has 0 bridgehead atoms. The van der Waals surface area contributed by atoms with Crippen LogP contribution < -0.4 is 15.4 Å². The Bertz CT molecular complexity index is 576. The molecular formula is C16H21N3O3. The van der Waals surface area contributed by atoms with Crippen LogP contribution in [0.1, 0.15) is 24.4 Å². The van der Waals surface area contributed by atoms with Gasteiger partial charge in [-0.25, -0.2) is 0 Å². The SMILES string of the molecule is COc1ccccc1C1CNCCN1C(=O)[C@@H]1CCC(=O)N1. The number of piperazine rings is 1. The largest absolute Gasteiger partial charge is 0.496 e. The van der Waals surface area contributed by atoms with Crippen LogP contribution in [0.3, 0.4) is 0 Å². The molecule has 0 saturated carbocycles. The molecule has 6 heteroatoms. The van der Waals surface area contributed by atoms with E-state index in [9.17, 15) is 9.59 Å². The summed E-state index contributed by atoms with van der Waals surface area (Å²) in [5, 5.41) is 6.10. The second-order valence-corrected chi connectivity index (χ2v) is 5.65. The number of para-hydroxylation sites is 1. The second-order valence-electron chi connectivity index (χ2n) is 5.65. The minimum absolute atomic E-state index is 0.00301. The van der Waals surface area contributed by atoms with Gasteiger partial charge in [0.15, 0.2) is 0 Å². The lowest BCUT2D eigenvalue weighted by atomic mass is 10.0. The first-order valence-electron chi connectivity index (χ1n) is 7.64. The van der Waals surface area contributed by atoms with E-state index >= 15 is 0 Å². The summed E-state index contributed by atoms with van der Waals surface area (Å²) in [7, 11) is 1.64. The molecule has 2 aliphatic rings. The van der Waals surface area contributed by atoms with E-state index in [0.717, 1.165) is 17.9 Å². The number of benzene rings is 1. The van der Waals surface area contributed by atoms with Gasteiger partial charge in [-0.15, -0.1) is 0 Å². The smallest absolute Gasteiger partial charge is 0.245 e. The van der Waals surface area contributed by atoms with Crippen LogP contribution in [0.15, 0.2) is 24.3 Å². The van der Waals surface area contributed by atoms with Crippen molar-refractivity contribution in [2.45, 2.75) is 24.9 Å². The summed E-state index contributed by atoms with van der Waals surface area (Å²) in [6, 6.07) is 7.31. The van der Waals surface area contributed by atoms with Crippen molar-refractivity contribution in [3.05, 3.63) is 29.8 Å². The fourth-order valence-corrected chi connectivity index (χ4v) is 3.19. The number of hydrogen-bond donors (Lipinski definition) is 2. The third-order valence-electron chi connectivity index (χ3n) is 4.32. The molecule has 2 saturated heterocycles. The highest BCUT2D eigenvalue weighted by Crippen LogP contribution is 2.31. The van der Waals surface area contributed by atoms with Crippen LogP contribution in [0, 0.1) is 0 Å². The lowest BCUT2D eigenvalue weighted by molar-refractivity contribution is -0.137. The molecule has 1 unspecified atom stereocenters. The molecular weight excluding hydrogens is 282 g/mol. The zero-order valence-corrected chi connectivity index (χ0v) is 12.7. The van der Waals surface area contributed by atoms with E-state index in [0.29, 0.717) is 25.9 Å². The van der Waals surface area contributed by atoms with Gasteiger partial charge in [-0.05, 0) is 12.5 Å². The monoisotopic (exact) mass is 303 g/mol. The molecule has 6 nitrogen and oxygen atoms in total. The first-order chi connectivity index (χ1) is 10.7. The molecule has 2 aliphatic heterocycles. The number of carbonyl (C=O) groups is 2. The highest BCUT2D eigenvalue weighted by molar-refractivity contribution is 5.91. The lowest BCUT2D eigenvalue weighted by Crippen LogP contribution is -2.53. The standard InChI is InChI=1S/C16H21N3O3/c1-22-14-5-3-2-4-11(14)13-10-17-8-9-19(13)16(21)12-6-7-15(20)18-12/h2-5,12-13,17H,6-10H2,1H3,(H,18,20)/t12-,13?/m0/s1. The molecule has 1 aromatic rings. The molecule has 3 rings (SSSR count). The normalized spacial score (nSPS) is 25.0. The summed E-state index contributed by atoms with van der Waals surface area (Å²) in [6.45, 7) is 2.08. The third kappa shape index (κ3) is 2.78. The molecule has 118 valence electrons. The van der Waals surface area contributed by atoms with Crippen molar-refractivity contribution in [3.63, 3.8) is 0 Å². The maximum atomic E-state index is 12.8. The Morgan fingerprint density at radius 1 is 1.36 bits per heavy atom. The zero-order chi connectivity index (χ0) is 15.5. The summed E-state index contributed by atoms with van der Waals surface area (Å²) in [6.07, 6.45) is 1.02. The van der Waals surface area contributed by atoms with Gasteiger partial charge in [-0.3, -0.25) is 9.59 Å². The number of ether oxygens (including phenoxy) is 1. The Morgan fingerprint density at radius 2 is 2.18 bits per heavy atom. The Balaban J connectivity index is 1.85. The Kier molecular flexibility index (Phi) is 4.29. The van der Waals surface area contributed by atoms with Gasteiger partial charge in [0.25, 0.3) is 0 Å². The van der Waals surface area contributed by atoms with E-state index < -0.39 is 0 Å². The summed E-state index contributed by atoms with van der Waals surface area (Å²) in [5.41, 5.74) is 0.995. The van der Waals surface area contributed by atoms with E-state index in [4.69, 9.17) is 4.74 Å². The van der Waals surface area contributed by atoms with Crippen LogP contribution >= 0.6 is 0 Å². The molecule has 1 aromatic carbocycles. The van der Waals surface area contributed by atoms with Crippen molar-refractivity contribution < 1.29 is 14.3 Å². The topological polar surface area (TPSA) is 70.7 Å². The number of nitrogens with one attached hydrogen (secondary N) is 2. The maximum absolute atomic E-state index is 12.8.